The smallest absolute Gasteiger partial charge is 0.305 e. The standard InChI is InChI=1S/C10H7BrN2O/c11-8-3-1-7(2-4-8)9-5-6-12-10(14)13-9/h1-6H,(H,12,13,14). The van der Waals surface area contributed by atoms with Gasteiger partial charge in [-0.2, -0.15) is 0 Å². The quantitative estimate of drug-likeness (QED) is 0.844. The molecule has 0 spiro atoms. The average molecular weight is 251 g/mol. The topological polar surface area (TPSA) is 45.8 Å². The Morgan fingerprint density at radius 2 is 1.86 bits per heavy atom. The molecule has 0 unspecified atom stereocenters. The summed E-state index contributed by atoms with van der Waals surface area (Å²) >= 11 is 3.35. The summed E-state index contributed by atoms with van der Waals surface area (Å²) in [5.74, 6) is 0. The van der Waals surface area contributed by atoms with Crippen LogP contribution >= 0.6 is 15.9 Å². The zero-order valence-corrected chi connectivity index (χ0v) is 8.78. The van der Waals surface area contributed by atoms with Crippen molar-refractivity contribution in [1.82, 2.24) is 9.97 Å². The largest absolute Gasteiger partial charge is 0.345 e. The van der Waals surface area contributed by atoms with E-state index in [0.29, 0.717) is 0 Å². The van der Waals surface area contributed by atoms with E-state index < -0.39 is 0 Å². The number of hydrogen-bond acceptors (Lipinski definition) is 2. The van der Waals surface area contributed by atoms with E-state index in [1.807, 2.05) is 24.3 Å². The van der Waals surface area contributed by atoms with E-state index >= 15 is 0 Å². The zero-order valence-electron chi connectivity index (χ0n) is 7.20. The Kier molecular flexibility index (Phi) is 2.45. The maximum Gasteiger partial charge on any atom is 0.345 e. The van der Waals surface area contributed by atoms with Crippen molar-refractivity contribution in [3.63, 3.8) is 0 Å². The predicted molar refractivity (Wildman–Crippen MR) is 58.0 cm³/mol. The molecule has 3 nitrogen and oxygen atoms in total. The monoisotopic (exact) mass is 250 g/mol. The Morgan fingerprint density at radius 1 is 1.14 bits per heavy atom. The number of rotatable bonds is 1. The Bertz CT molecular complexity index is 490. The van der Waals surface area contributed by atoms with Crippen molar-refractivity contribution in [2.24, 2.45) is 0 Å². The van der Waals surface area contributed by atoms with Gasteiger partial charge in [0.2, 0.25) is 0 Å². The molecule has 1 heterocycles. The summed E-state index contributed by atoms with van der Waals surface area (Å²) in [7, 11) is 0. The summed E-state index contributed by atoms with van der Waals surface area (Å²) in [5.41, 5.74) is 1.41. The Morgan fingerprint density at radius 3 is 2.50 bits per heavy atom. The molecule has 0 aliphatic rings. The van der Waals surface area contributed by atoms with E-state index in [1.165, 1.54) is 6.20 Å². The fourth-order valence-corrected chi connectivity index (χ4v) is 1.43. The lowest BCUT2D eigenvalue weighted by Gasteiger charge is -1.99. The maximum atomic E-state index is 11.0. The number of H-pyrrole nitrogens is 1. The van der Waals surface area contributed by atoms with Crippen LogP contribution in [0.4, 0.5) is 0 Å². The molecular weight excluding hydrogens is 244 g/mol. The molecule has 0 amide bonds. The highest BCUT2D eigenvalue weighted by Gasteiger charge is 1.97. The first-order valence-corrected chi connectivity index (χ1v) is 4.86. The first kappa shape index (κ1) is 9.15. The van der Waals surface area contributed by atoms with Crippen LogP contribution in [0.3, 0.4) is 0 Å². The SMILES string of the molecule is O=c1nccc(-c2ccc(Br)cc2)[nH]1. The Hall–Kier alpha value is -1.42. The predicted octanol–water partition coefficient (Wildman–Crippen LogP) is 2.20. The van der Waals surface area contributed by atoms with Gasteiger partial charge in [-0.05, 0) is 23.8 Å². The Labute approximate surface area is 89.0 Å². The number of aromatic amines is 1. The van der Waals surface area contributed by atoms with Gasteiger partial charge in [0.05, 0.1) is 5.69 Å². The van der Waals surface area contributed by atoms with Gasteiger partial charge in [0.15, 0.2) is 0 Å². The van der Waals surface area contributed by atoms with Crippen LogP contribution in [0, 0.1) is 0 Å². The normalized spacial score (nSPS) is 10.1. The van der Waals surface area contributed by atoms with Gasteiger partial charge < -0.3 is 4.98 Å². The van der Waals surface area contributed by atoms with Crippen LogP contribution in [0.15, 0.2) is 45.8 Å². The summed E-state index contributed by atoms with van der Waals surface area (Å²) in [6, 6.07) is 9.47. The van der Waals surface area contributed by atoms with Gasteiger partial charge in [-0.1, -0.05) is 28.1 Å². The van der Waals surface area contributed by atoms with E-state index in [2.05, 4.69) is 25.9 Å². The van der Waals surface area contributed by atoms with E-state index in [-0.39, 0.29) is 5.69 Å². The van der Waals surface area contributed by atoms with E-state index in [1.54, 1.807) is 6.07 Å². The molecule has 14 heavy (non-hydrogen) atoms. The second kappa shape index (κ2) is 3.75. The van der Waals surface area contributed by atoms with Gasteiger partial charge in [-0.25, -0.2) is 9.78 Å². The fraction of sp³-hybridized carbons (Fsp3) is 0. The molecule has 2 aromatic rings. The van der Waals surface area contributed by atoms with Gasteiger partial charge in [-0.3, -0.25) is 0 Å². The molecule has 0 bridgehead atoms. The maximum absolute atomic E-state index is 11.0. The van der Waals surface area contributed by atoms with Gasteiger partial charge in [0.25, 0.3) is 0 Å². The summed E-state index contributed by atoms with van der Waals surface area (Å²) in [6.07, 6.45) is 1.50. The first-order valence-electron chi connectivity index (χ1n) is 4.07. The number of aromatic nitrogens is 2. The second-order valence-electron chi connectivity index (χ2n) is 2.80. The molecular formula is C10H7BrN2O. The third kappa shape index (κ3) is 1.90. The van der Waals surface area contributed by atoms with E-state index in [4.69, 9.17) is 0 Å². The van der Waals surface area contributed by atoms with Gasteiger partial charge in [0.1, 0.15) is 0 Å². The minimum Gasteiger partial charge on any atom is -0.305 e. The minimum atomic E-state index is -0.328. The van der Waals surface area contributed by atoms with Crippen molar-refractivity contribution < 1.29 is 0 Å². The van der Waals surface area contributed by atoms with Crippen molar-refractivity contribution in [1.29, 1.82) is 0 Å². The Balaban J connectivity index is 2.50. The molecule has 4 heteroatoms. The third-order valence-corrected chi connectivity index (χ3v) is 2.36. The highest BCUT2D eigenvalue weighted by Crippen LogP contribution is 2.18. The van der Waals surface area contributed by atoms with Gasteiger partial charge in [-0.15, -0.1) is 0 Å². The average Bonchev–Trinajstić information content (AvgIpc) is 2.19. The molecule has 0 saturated heterocycles. The molecule has 1 N–H and O–H groups in total. The van der Waals surface area contributed by atoms with Crippen LogP contribution in [0.5, 0.6) is 0 Å². The van der Waals surface area contributed by atoms with Gasteiger partial charge in [0, 0.05) is 10.7 Å². The lowest BCUT2D eigenvalue weighted by atomic mass is 10.1. The van der Waals surface area contributed by atoms with Crippen molar-refractivity contribution in [3.05, 3.63) is 51.5 Å². The lowest BCUT2D eigenvalue weighted by molar-refractivity contribution is 1.08. The second-order valence-corrected chi connectivity index (χ2v) is 3.71. The number of benzene rings is 1. The fourth-order valence-electron chi connectivity index (χ4n) is 1.17. The van der Waals surface area contributed by atoms with Crippen LogP contribution < -0.4 is 5.69 Å². The number of nitrogens with zero attached hydrogens (tertiary/aromatic N) is 1. The lowest BCUT2D eigenvalue weighted by Crippen LogP contribution is -2.09. The number of nitrogens with one attached hydrogen (secondary N) is 1. The molecule has 0 aliphatic heterocycles. The summed E-state index contributed by atoms with van der Waals surface area (Å²) < 4.78 is 1.01. The molecule has 70 valence electrons. The van der Waals surface area contributed by atoms with Crippen molar-refractivity contribution in [2.75, 3.05) is 0 Å². The summed E-state index contributed by atoms with van der Waals surface area (Å²) in [5, 5.41) is 0. The molecule has 0 aliphatic carbocycles. The zero-order chi connectivity index (χ0) is 9.97. The highest BCUT2D eigenvalue weighted by atomic mass is 79.9. The third-order valence-electron chi connectivity index (χ3n) is 1.83. The summed E-state index contributed by atoms with van der Waals surface area (Å²) in [6.45, 7) is 0. The van der Waals surface area contributed by atoms with Crippen LogP contribution in [0.25, 0.3) is 11.3 Å². The minimum absolute atomic E-state index is 0.328. The van der Waals surface area contributed by atoms with Crippen molar-refractivity contribution in [2.45, 2.75) is 0 Å². The first-order chi connectivity index (χ1) is 6.75. The molecule has 0 fully saturated rings. The van der Waals surface area contributed by atoms with E-state index in [0.717, 1.165) is 15.7 Å². The van der Waals surface area contributed by atoms with Crippen molar-refractivity contribution in [3.8, 4) is 11.3 Å². The van der Waals surface area contributed by atoms with Crippen molar-refractivity contribution >= 4 is 15.9 Å². The molecule has 1 aromatic heterocycles. The molecule has 2 rings (SSSR count). The molecule has 1 aromatic carbocycles. The van der Waals surface area contributed by atoms with Crippen LogP contribution in [0.1, 0.15) is 0 Å². The van der Waals surface area contributed by atoms with E-state index in [9.17, 15) is 4.79 Å². The number of halogens is 1. The van der Waals surface area contributed by atoms with Crippen LogP contribution in [-0.2, 0) is 0 Å². The van der Waals surface area contributed by atoms with Crippen LogP contribution in [-0.4, -0.2) is 9.97 Å². The molecule has 0 radical (unpaired) electrons. The summed E-state index contributed by atoms with van der Waals surface area (Å²) in [4.78, 5) is 17.2. The highest BCUT2D eigenvalue weighted by molar-refractivity contribution is 9.10. The number of hydrogen-bond donors (Lipinski definition) is 1. The molecule has 0 atom stereocenters. The van der Waals surface area contributed by atoms with Gasteiger partial charge >= 0.3 is 5.69 Å². The van der Waals surface area contributed by atoms with Crippen LogP contribution in [0.2, 0.25) is 0 Å². The molecule has 0 saturated carbocycles.